The van der Waals surface area contributed by atoms with Crippen LogP contribution in [0.5, 0.6) is 11.5 Å². The highest BCUT2D eigenvalue weighted by atomic mass is 79.9. The maximum atomic E-state index is 12.9. The number of anilines is 1. The smallest absolute Gasteiger partial charge is 0.293 e. The predicted molar refractivity (Wildman–Crippen MR) is 116 cm³/mol. The van der Waals surface area contributed by atoms with Crippen LogP contribution in [-0.4, -0.2) is 33.1 Å². The Hall–Kier alpha value is -3.26. The number of nitrogens with one attached hydrogen (secondary N) is 1. The van der Waals surface area contributed by atoms with E-state index in [2.05, 4.69) is 21.2 Å². The van der Waals surface area contributed by atoms with Crippen molar-refractivity contribution in [2.45, 2.75) is 6.54 Å². The SMILES string of the molecule is COc1ccc(CNC(=O)c2ccccc2N(C)C(=O)c2ccc(Br)o2)c(OC)c1. The lowest BCUT2D eigenvalue weighted by atomic mass is 10.1. The summed E-state index contributed by atoms with van der Waals surface area (Å²) < 4.78 is 16.4. The summed E-state index contributed by atoms with van der Waals surface area (Å²) >= 11 is 3.19. The van der Waals surface area contributed by atoms with Crippen molar-refractivity contribution in [2.75, 3.05) is 26.2 Å². The molecule has 0 atom stereocenters. The van der Waals surface area contributed by atoms with Crippen molar-refractivity contribution in [3.63, 3.8) is 0 Å². The van der Waals surface area contributed by atoms with Crippen molar-refractivity contribution in [1.82, 2.24) is 5.32 Å². The molecule has 7 nitrogen and oxygen atoms in total. The molecule has 1 N–H and O–H groups in total. The Morgan fingerprint density at radius 2 is 1.83 bits per heavy atom. The zero-order valence-electron chi connectivity index (χ0n) is 16.8. The van der Waals surface area contributed by atoms with Crippen molar-refractivity contribution >= 4 is 33.4 Å². The maximum Gasteiger partial charge on any atom is 0.293 e. The quantitative estimate of drug-likeness (QED) is 0.555. The van der Waals surface area contributed by atoms with Crippen molar-refractivity contribution in [3.8, 4) is 11.5 Å². The zero-order chi connectivity index (χ0) is 21.7. The van der Waals surface area contributed by atoms with Gasteiger partial charge in [0, 0.05) is 25.2 Å². The Labute approximate surface area is 182 Å². The summed E-state index contributed by atoms with van der Waals surface area (Å²) in [5.74, 6) is 0.764. The Bertz CT molecular complexity index is 1060. The summed E-state index contributed by atoms with van der Waals surface area (Å²) in [7, 11) is 4.73. The van der Waals surface area contributed by atoms with Crippen molar-refractivity contribution in [1.29, 1.82) is 0 Å². The van der Waals surface area contributed by atoms with Gasteiger partial charge >= 0.3 is 0 Å². The fraction of sp³-hybridized carbons (Fsp3) is 0.182. The number of nitrogens with zero attached hydrogens (tertiary/aromatic N) is 1. The Balaban J connectivity index is 1.78. The van der Waals surface area contributed by atoms with Gasteiger partial charge in [-0.05, 0) is 52.3 Å². The number of benzene rings is 2. The van der Waals surface area contributed by atoms with Crippen LogP contribution in [-0.2, 0) is 6.54 Å². The van der Waals surface area contributed by atoms with Crippen molar-refractivity contribution < 1.29 is 23.5 Å². The number of para-hydroxylation sites is 1. The first kappa shape index (κ1) is 21.4. The molecule has 0 aliphatic carbocycles. The molecule has 0 aliphatic heterocycles. The summed E-state index contributed by atoms with van der Waals surface area (Å²) in [5.41, 5.74) is 1.63. The third kappa shape index (κ3) is 4.65. The number of ether oxygens (including phenoxy) is 2. The molecular formula is C22H21BrN2O5. The average Bonchev–Trinajstić information content (AvgIpc) is 3.22. The molecule has 0 radical (unpaired) electrons. The second kappa shape index (κ2) is 9.49. The highest BCUT2D eigenvalue weighted by Crippen LogP contribution is 2.26. The number of hydrogen-bond acceptors (Lipinski definition) is 5. The third-order valence-corrected chi connectivity index (χ3v) is 4.96. The fourth-order valence-corrected chi connectivity index (χ4v) is 3.24. The Morgan fingerprint density at radius 1 is 1.07 bits per heavy atom. The van der Waals surface area contributed by atoms with Crippen LogP contribution < -0.4 is 19.7 Å². The van der Waals surface area contributed by atoms with Crippen LogP contribution in [0.15, 0.2) is 63.7 Å². The molecule has 8 heteroatoms. The van der Waals surface area contributed by atoms with Crippen LogP contribution in [0.25, 0.3) is 0 Å². The van der Waals surface area contributed by atoms with Gasteiger partial charge in [-0.2, -0.15) is 0 Å². The van der Waals surface area contributed by atoms with E-state index in [9.17, 15) is 9.59 Å². The molecule has 2 aromatic carbocycles. The van der Waals surface area contributed by atoms with E-state index in [4.69, 9.17) is 13.9 Å². The van der Waals surface area contributed by atoms with Crippen LogP contribution in [0.4, 0.5) is 5.69 Å². The van der Waals surface area contributed by atoms with Crippen molar-refractivity contribution in [2.24, 2.45) is 0 Å². The Kier molecular flexibility index (Phi) is 6.79. The van der Waals surface area contributed by atoms with Gasteiger partial charge in [-0.25, -0.2) is 0 Å². The van der Waals surface area contributed by atoms with Gasteiger partial charge in [0.1, 0.15) is 11.5 Å². The molecule has 0 bridgehead atoms. The van der Waals surface area contributed by atoms with Crippen LogP contribution in [0.1, 0.15) is 26.5 Å². The summed E-state index contributed by atoms with van der Waals surface area (Å²) in [5, 5.41) is 2.88. The van der Waals surface area contributed by atoms with Crippen LogP contribution in [0.3, 0.4) is 0 Å². The molecule has 0 spiro atoms. The van der Waals surface area contributed by atoms with E-state index in [1.807, 2.05) is 6.07 Å². The first-order valence-corrected chi connectivity index (χ1v) is 9.85. The van der Waals surface area contributed by atoms with E-state index >= 15 is 0 Å². The standard InChI is InChI=1S/C22H21BrN2O5/c1-25(22(27)18-10-11-20(23)30-18)17-7-5-4-6-16(17)21(26)24-13-14-8-9-15(28-2)12-19(14)29-3/h4-12H,13H2,1-3H3,(H,24,26). The zero-order valence-corrected chi connectivity index (χ0v) is 18.4. The van der Waals surface area contributed by atoms with E-state index in [0.717, 1.165) is 5.56 Å². The number of methoxy groups -OCH3 is 2. The minimum Gasteiger partial charge on any atom is -0.497 e. The van der Waals surface area contributed by atoms with Gasteiger partial charge in [0.2, 0.25) is 0 Å². The van der Waals surface area contributed by atoms with Gasteiger partial charge in [-0.1, -0.05) is 12.1 Å². The Morgan fingerprint density at radius 3 is 2.50 bits per heavy atom. The first-order chi connectivity index (χ1) is 14.4. The molecule has 30 heavy (non-hydrogen) atoms. The minimum atomic E-state index is -0.363. The number of amides is 2. The first-order valence-electron chi connectivity index (χ1n) is 9.06. The number of carbonyl (C=O) groups excluding carboxylic acids is 2. The number of carbonyl (C=O) groups is 2. The molecule has 1 heterocycles. The highest BCUT2D eigenvalue weighted by Gasteiger charge is 2.22. The minimum absolute atomic E-state index is 0.169. The second-order valence-corrected chi connectivity index (χ2v) is 7.13. The van der Waals surface area contributed by atoms with Gasteiger partial charge in [0.25, 0.3) is 11.8 Å². The topological polar surface area (TPSA) is 81.0 Å². The molecule has 0 fully saturated rings. The summed E-state index contributed by atoms with van der Waals surface area (Å²) in [6.07, 6.45) is 0. The van der Waals surface area contributed by atoms with Gasteiger partial charge in [0.05, 0.1) is 25.5 Å². The molecule has 0 saturated heterocycles. The number of furan rings is 1. The molecule has 2 amide bonds. The number of halogens is 1. The molecule has 3 aromatic rings. The predicted octanol–water partition coefficient (Wildman–Crippen LogP) is 4.27. The van der Waals surface area contributed by atoms with E-state index in [1.165, 1.54) is 4.90 Å². The molecular weight excluding hydrogens is 452 g/mol. The van der Waals surface area contributed by atoms with Crippen LogP contribution in [0.2, 0.25) is 0 Å². The largest absolute Gasteiger partial charge is 0.497 e. The third-order valence-electron chi connectivity index (χ3n) is 4.53. The van der Waals surface area contributed by atoms with Crippen LogP contribution >= 0.6 is 15.9 Å². The monoisotopic (exact) mass is 472 g/mol. The van der Waals surface area contributed by atoms with E-state index in [0.29, 0.717) is 27.4 Å². The summed E-state index contributed by atoms with van der Waals surface area (Å²) in [4.78, 5) is 27.0. The van der Waals surface area contributed by atoms with E-state index in [1.54, 1.807) is 69.8 Å². The fourth-order valence-electron chi connectivity index (χ4n) is 2.93. The maximum absolute atomic E-state index is 12.9. The molecule has 1 aromatic heterocycles. The second-order valence-electron chi connectivity index (χ2n) is 6.35. The van der Waals surface area contributed by atoms with E-state index < -0.39 is 0 Å². The molecule has 156 valence electrons. The van der Waals surface area contributed by atoms with Crippen molar-refractivity contribution in [3.05, 3.63) is 76.2 Å². The van der Waals surface area contributed by atoms with Gasteiger partial charge in [0.15, 0.2) is 10.4 Å². The van der Waals surface area contributed by atoms with Gasteiger partial charge < -0.3 is 24.1 Å². The summed E-state index contributed by atoms with van der Waals surface area (Å²) in [6.45, 7) is 0.253. The summed E-state index contributed by atoms with van der Waals surface area (Å²) in [6, 6.07) is 15.5. The average molecular weight is 473 g/mol. The lowest BCUT2D eigenvalue weighted by Gasteiger charge is -2.19. The van der Waals surface area contributed by atoms with Gasteiger partial charge in [-0.3, -0.25) is 9.59 Å². The number of rotatable bonds is 7. The molecule has 0 saturated carbocycles. The highest BCUT2D eigenvalue weighted by molar-refractivity contribution is 9.10. The van der Waals surface area contributed by atoms with Crippen LogP contribution in [0, 0.1) is 0 Å². The normalized spacial score (nSPS) is 10.4. The number of hydrogen-bond donors (Lipinski definition) is 1. The molecule has 0 aliphatic rings. The molecule has 3 rings (SSSR count). The molecule has 0 unspecified atom stereocenters. The van der Waals surface area contributed by atoms with E-state index in [-0.39, 0.29) is 24.1 Å². The van der Waals surface area contributed by atoms with Gasteiger partial charge in [-0.15, -0.1) is 0 Å². The lowest BCUT2D eigenvalue weighted by molar-refractivity contribution is 0.0950. The lowest BCUT2D eigenvalue weighted by Crippen LogP contribution is -2.30.